The van der Waals surface area contributed by atoms with Crippen molar-refractivity contribution < 1.29 is 19.1 Å². The molecule has 0 spiro atoms. The number of esters is 1. The largest absolute Gasteiger partial charge is 0.494 e. The molecule has 4 bridgehead atoms. The Kier molecular flexibility index (Phi) is 4.50. The topological polar surface area (TPSA) is 52.6 Å². The summed E-state index contributed by atoms with van der Waals surface area (Å²) in [5, 5.41) is 0. The van der Waals surface area contributed by atoms with Crippen molar-refractivity contribution in [2.75, 3.05) is 13.2 Å². The lowest BCUT2D eigenvalue weighted by molar-refractivity contribution is -0.168. The van der Waals surface area contributed by atoms with E-state index in [4.69, 9.17) is 21.1 Å². The molecule has 0 aromatic heterocycles. The molecule has 4 aliphatic carbocycles. The van der Waals surface area contributed by atoms with E-state index < -0.39 is 5.41 Å². The number of carbonyl (C=O) groups excluding carboxylic acids is 2. The van der Waals surface area contributed by atoms with Gasteiger partial charge in [-0.3, -0.25) is 9.59 Å². The number of rotatable bonds is 6. The molecule has 4 fully saturated rings. The third-order valence-electron chi connectivity index (χ3n) is 6.24. The summed E-state index contributed by atoms with van der Waals surface area (Å²) in [5.41, 5.74) is 0.0610. The van der Waals surface area contributed by atoms with Crippen molar-refractivity contribution in [1.29, 1.82) is 0 Å². The van der Waals surface area contributed by atoms with Gasteiger partial charge in [-0.05, 0) is 81.5 Å². The van der Waals surface area contributed by atoms with Gasteiger partial charge in [0.25, 0.3) is 0 Å². The summed E-state index contributed by atoms with van der Waals surface area (Å²) in [6.45, 7) is 2.28. The highest BCUT2D eigenvalue weighted by Crippen LogP contribution is 2.64. The number of halogens is 1. The summed E-state index contributed by atoms with van der Waals surface area (Å²) in [4.78, 5) is 25.0. The van der Waals surface area contributed by atoms with Crippen LogP contribution in [0.2, 0.25) is 0 Å². The Morgan fingerprint density at radius 3 is 2.35 bits per heavy atom. The first-order valence-electron chi connectivity index (χ1n) is 9.54. The van der Waals surface area contributed by atoms with Crippen molar-refractivity contribution in [2.24, 2.45) is 17.3 Å². The van der Waals surface area contributed by atoms with Crippen LogP contribution in [0.5, 0.6) is 5.75 Å². The minimum Gasteiger partial charge on any atom is -0.494 e. The van der Waals surface area contributed by atoms with Gasteiger partial charge in [0.15, 0.2) is 12.4 Å². The summed E-state index contributed by atoms with van der Waals surface area (Å²) in [5.74, 6) is 1.37. The molecular formula is C21H25ClO4. The maximum atomic E-state index is 12.9. The smallest absolute Gasteiger partial charge is 0.312 e. The standard InChI is InChI=1S/C21H25ClO4/c1-2-25-17-5-3-16(4-6-17)18(23)12-26-19(24)20-8-14-7-15(9-20)11-21(22,10-14)13-20/h3-6,14-15H,2,7-13H2,1H3/t14-,15+,20?,21?. The van der Waals surface area contributed by atoms with E-state index in [0.717, 1.165) is 31.4 Å². The number of ketones is 1. The van der Waals surface area contributed by atoms with E-state index in [-0.39, 0.29) is 23.2 Å². The van der Waals surface area contributed by atoms with Crippen LogP contribution in [-0.4, -0.2) is 29.8 Å². The van der Waals surface area contributed by atoms with E-state index in [2.05, 4.69) is 0 Å². The van der Waals surface area contributed by atoms with Gasteiger partial charge in [0.2, 0.25) is 0 Å². The van der Waals surface area contributed by atoms with Crippen molar-refractivity contribution in [3.63, 3.8) is 0 Å². The van der Waals surface area contributed by atoms with Gasteiger partial charge < -0.3 is 9.47 Å². The second-order valence-corrected chi connectivity index (χ2v) is 9.15. The van der Waals surface area contributed by atoms with Crippen molar-refractivity contribution in [3.8, 4) is 5.75 Å². The predicted molar refractivity (Wildman–Crippen MR) is 98.6 cm³/mol. The van der Waals surface area contributed by atoms with Crippen LogP contribution in [-0.2, 0) is 9.53 Å². The summed E-state index contributed by atoms with van der Waals surface area (Å²) >= 11 is 6.78. The van der Waals surface area contributed by atoms with Gasteiger partial charge >= 0.3 is 5.97 Å². The zero-order valence-electron chi connectivity index (χ0n) is 15.1. The quantitative estimate of drug-likeness (QED) is 0.419. The number of hydrogen-bond acceptors (Lipinski definition) is 4. The number of benzene rings is 1. The zero-order valence-corrected chi connectivity index (χ0v) is 15.9. The molecule has 4 aliphatic rings. The van der Waals surface area contributed by atoms with Crippen LogP contribution in [0.1, 0.15) is 55.8 Å². The van der Waals surface area contributed by atoms with Crippen LogP contribution < -0.4 is 4.74 Å². The van der Waals surface area contributed by atoms with Gasteiger partial charge in [0.05, 0.1) is 12.0 Å². The van der Waals surface area contributed by atoms with E-state index in [9.17, 15) is 9.59 Å². The first-order valence-corrected chi connectivity index (χ1v) is 9.91. The van der Waals surface area contributed by atoms with E-state index >= 15 is 0 Å². The number of carbonyl (C=O) groups is 2. The van der Waals surface area contributed by atoms with Gasteiger partial charge in [-0.1, -0.05) is 0 Å². The van der Waals surface area contributed by atoms with Gasteiger partial charge in [0, 0.05) is 10.4 Å². The maximum Gasteiger partial charge on any atom is 0.312 e. The average molecular weight is 377 g/mol. The summed E-state index contributed by atoms with van der Waals surface area (Å²) in [6, 6.07) is 6.93. The van der Waals surface area contributed by atoms with Crippen LogP contribution in [0.4, 0.5) is 0 Å². The molecule has 0 saturated heterocycles. The second kappa shape index (κ2) is 6.56. The zero-order chi connectivity index (χ0) is 18.4. The highest BCUT2D eigenvalue weighted by atomic mass is 35.5. The molecule has 0 amide bonds. The molecule has 4 saturated carbocycles. The average Bonchev–Trinajstić information content (AvgIpc) is 2.58. The van der Waals surface area contributed by atoms with Gasteiger partial charge in [-0.2, -0.15) is 0 Å². The Bertz CT molecular complexity index is 697. The molecule has 26 heavy (non-hydrogen) atoms. The summed E-state index contributed by atoms with van der Waals surface area (Å²) in [6.07, 6.45) is 5.66. The molecule has 1 aromatic rings. The third-order valence-corrected chi connectivity index (χ3v) is 6.69. The molecule has 0 heterocycles. The number of alkyl halides is 1. The molecule has 2 unspecified atom stereocenters. The Hall–Kier alpha value is -1.55. The molecule has 4 nitrogen and oxygen atoms in total. The molecule has 0 N–H and O–H groups in total. The Morgan fingerprint density at radius 2 is 1.77 bits per heavy atom. The first kappa shape index (κ1) is 17.8. The fourth-order valence-corrected chi connectivity index (χ4v) is 6.35. The molecular weight excluding hydrogens is 352 g/mol. The lowest BCUT2D eigenvalue weighted by Gasteiger charge is -2.58. The van der Waals surface area contributed by atoms with Crippen LogP contribution in [0.25, 0.3) is 0 Å². The molecule has 140 valence electrons. The Labute approximate surface area is 159 Å². The van der Waals surface area contributed by atoms with E-state index in [1.807, 2.05) is 6.92 Å². The molecule has 0 radical (unpaired) electrons. The van der Waals surface area contributed by atoms with Crippen molar-refractivity contribution in [1.82, 2.24) is 0 Å². The summed E-state index contributed by atoms with van der Waals surface area (Å²) in [7, 11) is 0. The fourth-order valence-electron chi connectivity index (χ4n) is 5.66. The first-order chi connectivity index (χ1) is 12.4. The SMILES string of the molecule is CCOc1ccc(C(=O)COC(=O)C23C[C@@H]4C[C@@H](CC(Cl)(C4)C2)C3)cc1. The van der Waals surface area contributed by atoms with Crippen molar-refractivity contribution >= 4 is 23.4 Å². The van der Waals surface area contributed by atoms with Gasteiger partial charge in [-0.15, -0.1) is 11.6 Å². The molecule has 0 aliphatic heterocycles. The van der Waals surface area contributed by atoms with Crippen molar-refractivity contribution in [3.05, 3.63) is 29.8 Å². The monoisotopic (exact) mass is 376 g/mol. The minimum atomic E-state index is -0.467. The highest BCUT2D eigenvalue weighted by molar-refractivity contribution is 6.24. The minimum absolute atomic E-state index is 0.188. The van der Waals surface area contributed by atoms with E-state index in [0.29, 0.717) is 30.4 Å². The van der Waals surface area contributed by atoms with Gasteiger partial charge in [-0.25, -0.2) is 0 Å². The van der Waals surface area contributed by atoms with Crippen molar-refractivity contribution in [2.45, 2.75) is 50.3 Å². The Balaban J connectivity index is 1.38. The predicted octanol–water partition coefficient (Wildman–Crippen LogP) is 4.39. The summed E-state index contributed by atoms with van der Waals surface area (Å²) < 4.78 is 10.9. The number of hydrogen-bond donors (Lipinski definition) is 0. The highest BCUT2D eigenvalue weighted by Gasteiger charge is 2.60. The number of Topliss-reactive ketones (excluding diaryl/α,β-unsaturated/α-hetero) is 1. The Morgan fingerprint density at radius 1 is 1.12 bits per heavy atom. The van der Waals surface area contributed by atoms with E-state index in [1.54, 1.807) is 24.3 Å². The van der Waals surface area contributed by atoms with Crippen LogP contribution >= 0.6 is 11.6 Å². The van der Waals surface area contributed by atoms with E-state index in [1.165, 1.54) is 6.42 Å². The maximum absolute atomic E-state index is 12.9. The lowest BCUT2D eigenvalue weighted by Crippen LogP contribution is -2.56. The van der Waals surface area contributed by atoms with Crippen LogP contribution in [0.15, 0.2) is 24.3 Å². The van der Waals surface area contributed by atoms with Gasteiger partial charge in [0.1, 0.15) is 5.75 Å². The third kappa shape index (κ3) is 3.24. The van der Waals surface area contributed by atoms with Crippen LogP contribution in [0, 0.1) is 17.3 Å². The molecule has 1 aromatic carbocycles. The fraction of sp³-hybridized carbons (Fsp3) is 0.619. The molecule has 5 rings (SSSR count). The molecule has 5 heteroatoms. The number of ether oxygens (including phenoxy) is 2. The normalized spacial score (nSPS) is 34.5. The lowest BCUT2D eigenvalue weighted by atomic mass is 9.49. The van der Waals surface area contributed by atoms with Crippen LogP contribution in [0.3, 0.4) is 0 Å². The molecule has 4 atom stereocenters. The second-order valence-electron chi connectivity index (χ2n) is 8.35.